The second kappa shape index (κ2) is 9.36. The summed E-state index contributed by atoms with van der Waals surface area (Å²) in [6, 6.07) is 18.4. The Balaban J connectivity index is 1.44. The van der Waals surface area contributed by atoms with Gasteiger partial charge in [0.15, 0.2) is 0 Å². The molecule has 0 aliphatic rings. The van der Waals surface area contributed by atoms with Crippen LogP contribution in [-0.4, -0.2) is 33.4 Å². The third-order valence-corrected chi connectivity index (χ3v) is 6.57. The summed E-state index contributed by atoms with van der Waals surface area (Å²) in [5.74, 6) is 0.277. The molecular weight excluding hydrogens is 412 g/mol. The van der Waals surface area contributed by atoms with Crippen molar-refractivity contribution in [2.24, 2.45) is 0 Å². The fourth-order valence-electron chi connectivity index (χ4n) is 3.09. The van der Waals surface area contributed by atoms with Crippen LogP contribution in [0.3, 0.4) is 0 Å². The Kier molecular flexibility index (Phi) is 6.40. The molecule has 4 aromatic rings. The summed E-state index contributed by atoms with van der Waals surface area (Å²) in [6.07, 6.45) is 0.817. The number of aromatic nitrogens is 3. The summed E-state index contributed by atoms with van der Waals surface area (Å²) >= 11 is 2.99. The van der Waals surface area contributed by atoms with Crippen LogP contribution < -0.4 is 5.32 Å². The van der Waals surface area contributed by atoms with Crippen molar-refractivity contribution in [3.05, 3.63) is 70.7 Å². The predicted octanol–water partition coefficient (Wildman–Crippen LogP) is 4.82. The van der Waals surface area contributed by atoms with Gasteiger partial charge >= 0.3 is 0 Å². The number of amides is 1. The van der Waals surface area contributed by atoms with E-state index >= 15 is 0 Å². The first-order chi connectivity index (χ1) is 14.6. The van der Waals surface area contributed by atoms with Gasteiger partial charge in [-0.3, -0.25) is 4.79 Å². The number of hydrogen-bond donors (Lipinski definition) is 1. The summed E-state index contributed by atoms with van der Waals surface area (Å²) in [5, 5.41) is 13.5. The summed E-state index contributed by atoms with van der Waals surface area (Å²) < 4.78 is 1.01. The van der Waals surface area contributed by atoms with E-state index < -0.39 is 0 Å². The van der Waals surface area contributed by atoms with Gasteiger partial charge in [0, 0.05) is 12.1 Å². The van der Waals surface area contributed by atoms with Crippen LogP contribution in [0.15, 0.2) is 59.6 Å². The van der Waals surface area contributed by atoms with Crippen LogP contribution in [0, 0.1) is 13.8 Å². The Morgan fingerprint density at radius 1 is 1.03 bits per heavy atom. The zero-order valence-corrected chi connectivity index (χ0v) is 18.5. The third-order valence-electron chi connectivity index (χ3n) is 4.64. The maximum Gasteiger partial charge on any atom is 0.230 e. The van der Waals surface area contributed by atoms with Crippen molar-refractivity contribution in [3.63, 3.8) is 0 Å². The average molecular weight is 435 g/mol. The van der Waals surface area contributed by atoms with E-state index in [9.17, 15) is 4.79 Å². The van der Waals surface area contributed by atoms with E-state index in [1.165, 1.54) is 22.9 Å². The normalized spacial score (nSPS) is 11.0. The van der Waals surface area contributed by atoms with Crippen molar-refractivity contribution in [3.8, 4) is 11.3 Å². The highest BCUT2D eigenvalue weighted by atomic mass is 32.2. The smallest absolute Gasteiger partial charge is 0.230 e. The number of carbonyl (C=O) groups excluding carboxylic acids is 1. The molecule has 2 aromatic carbocycles. The minimum atomic E-state index is -0.0135. The summed E-state index contributed by atoms with van der Waals surface area (Å²) in [5.41, 5.74) is 5.10. The molecule has 5 nitrogen and oxygen atoms in total. The first kappa shape index (κ1) is 20.5. The molecular formula is C23H22N4OS2. The van der Waals surface area contributed by atoms with Crippen molar-refractivity contribution < 1.29 is 4.79 Å². The molecule has 2 aromatic heterocycles. The standard InChI is InChI=1S/C23H22N4OS2/c1-15-8-10-18(11-9-15)20-22-21(25-16(2)30-22)23(27-26-20)29-14-19(28)24-13-12-17-6-4-3-5-7-17/h3-11H,12-14H2,1-2H3,(H,24,28). The second-order valence-electron chi connectivity index (χ2n) is 7.00. The van der Waals surface area contributed by atoms with Crippen LogP contribution in [0.25, 0.3) is 21.5 Å². The minimum absolute atomic E-state index is 0.0135. The molecule has 0 saturated heterocycles. The molecule has 1 amide bonds. The molecule has 4 rings (SSSR count). The SMILES string of the molecule is Cc1ccc(-c2nnc(SCC(=O)NCCc3ccccc3)c3nc(C)sc23)cc1. The van der Waals surface area contributed by atoms with Gasteiger partial charge in [0.05, 0.1) is 15.5 Å². The number of nitrogens with one attached hydrogen (secondary N) is 1. The average Bonchev–Trinajstić information content (AvgIpc) is 3.15. The van der Waals surface area contributed by atoms with Gasteiger partial charge < -0.3 is 5.32 Å². The Hall–Kier alpha value is -2.77. The Bertz CT molecular complexity index is 1160. The number of aryl methyl sites for hydroxylation is 2. The van der Waals surface area contributed by atoms with Crippen LogP contribution >= 0.6 is 23.1 Å². The van der Waals surface area contributed by atoms with Gasteiger partial charge in [-0.1, -0.05) is 71.9 Å². The van der Waals surface area contributed by atoms with Gasteiger partial charge in [-0.05, 0) is 25.8 Å². The Labute approximate surface area is 184 Å². The fourth-order valence-corrected chi connectivity index (χ4v) is 4.84. The van der Waals surface area contributed by atoms with E-state index in [1.807, 2.05) is 25.1 Å². The fraction of sp³-hybridized carbons (Fsp3) is 0.217. The molecule has 152 valence electrons. The van der Waals surface area contributed by atoms with E-state index in [1.54, 1.807) is 11.3 Å². The van der Waals surface area contributed by atoms with Gasteiger partial charge in [0.2, 0.25) is 5.91 Å². The number of benzene rings is 2. The van der Waals surface area contributed by atoms with Crippen molar-refractivity contribution >= 4 is 39.2 Å². The lowest BCUT2D eigenvalue weighted by atomic mass is 10.1. The summed E-state index contributed by atoms with van der Waals surface area (Å²) in [4.78, 5) is 16.9. The van der Waals surface area contributed by atoms with E-state index in [0.717, 1.165) is 32.9 Å². The van der Waals surface area contributed by atoms with Crippen molar-refractivity contribution in [2.45, 2.75) is 25.3 Å². The van der Waals surface area contributed by atoms with Crippen molar-refractivity contribution in [1.82, 2.24) is 20.5 Å². The first-order valence-electron chi connectivity index (χ1n) is 9.74. The number of carbonyl (C=O) groups is 1. The first-order valence-corrected chi connectivity index (χ1v) is 11.5. The zero-order chi connectivity index (χ0) is 20.9. The van der Waals surface area contributed by atoms with Crippen molar-refractivity contribution in [1.29, 1.82) is 0 Å². The van der Waals surface area contributed by atoms with Gasteiger partial charge in [0.1, 0.15) is 16.2 Å². The van der Waals surface area contributed by atoms with Crippen LogP contribution in [0.4, 0.5) is 0 Å². The van der Waals surface area contributed by atoms with E-state index in [2.05, 4.69) is 63.8 Å². The number of rotatable bonds is 7. The highest BCUT2D eigenvalue weighted by Gasteiger charge is 2.16. The maximum atomic E-state index is 12.3. The predicted molar refractivity (Wildman–Crippen MR) is 124 cm³/mol. The molecule has 2 heterocycles. The monoisotopic (exact) mass is 434 g/mol. The lowest BCUT2D eigenvalue weighted by molar-refractivity contribution is -0.118. The molecule has 0 aliphatic heterocycles. The highest BCUT2D eigenvalue weighted by molar-refractivity contribution is 8.00. The molecule has 30 heavy (non-hydrogen) atoms. The number of fused-ring (bicyclic) bond motifs is 1. The number of hydrogen-bond acceptors (Lipinski definition) is 6. The lowest BCUT2D eigenvalue weighted by Gasteiger charge is -2.07. The van der Waals surface area contributed by atoms with Crippen LogP contribution in [0.1, 0.15) is 16.1 Å². The minimum Gasteiger partial charge on any atom is -0.355 e. The molecule has 0 unspecified atom stereocenters. The zero-order valence-electron chi connectivity index (χ0n) is 16.9. The number of thiazole rings is 1. The summed E-state index contributed by atoms with van der Waals surface area (Å²) in [6.45, 7) is 4.66. The van der Waals surface area contributed by atoms with E-state index in [4.69, 9.17) is 0 Å². The van der Waals surface area contributed by atoms with Gasteiger partial charge in [-0.2, -0.15) is 0 Å². The molecule has 7 heteroatoms. The highest BCUT2D eigenvalue weighted by Crippen LogP contribution is 2.35. The molecule has 0 bridgehead atoms. The molecule has 0 atom stereocenters. The van der Waals surface area contributed by atoms with Crippen LogP contribution in [0.5, 0.6) is 0 Å². The molecule has 0 saturated carbocycles. The second-order valence-corrected chi connectivity index (χ2v) is 9.17. The Morgan fingerprint density at radius 2 is 1.80 bits per heavy atom. The van der Waals surface area contributed by atoms with Gasteiger partial charge in [0.25, 0.3) is 0 Å². The van der Waals surface area contributed by atoms with Crippen LogP contribution in [0.2, 0.25) is 0 Å². The molecule has 0 radical (unpaired) electrons. The number of nitrogens with zero attached hydrogens (tertiary/aromatic N) is 3. The molecule has 0 spiro atoms. The van der Waals surface area contributed by atoms with Crippen molar-refractivity contribution in [2.75, 3.05) is 12.3 Å². The Morgan fingerprint density at radius 3 is 2.57 bits per heavy atom. The van der Waals surface area contributed by atoms with E-state index in [0.29, 0.717) is 17.3 Å². The summed E-state index contributed by atoms with van der Waals surface area (Å²) in [7, 11) is 0. The lowest BCUT2D eigenvalue weighted by Crippen LogP contribution is -2.27. The largest absolute Gasteiger partial charge is 0.355 e. The molecule has 0 fully saturated rings. The third kappa shape index (κ3) is 4.86. The molecule has 1 N–H and O–H groups in total. The maximum absolute atomic E-state index is 12.3. The van der Waals surface area contributed by atoms with Gasteiger partial charge in [-0.25, -0.2) is 4.98 Å². The topological polar surface area (TPSA) is 67.8 Å². The van der Waals surface area contributed by atoms with Crippen LogP contribution in [-0.2, 0) is 11.2 Å². The molecule has 0 aliphatic carbocycles. The quantitative estimate of drug-likeness (QED) is 0.422. The van der Waals surface area contributed by atoms with Gasteiger partial charge in [-0.15, -0.1) is 21.5 Å². The van der Waals surface area contributed by atoms with E-state index in [-0.39, 0.29) is 5.91 Å². The number of thioether (sulfide) groups is 1.